The van der Waals surface area contributed by atoms with Crippen LogP contribution >= 0.6 is 0 Å². The van der Waals surface area contributed by atoms with E-state index in [1.165, 1.54) is 24.0 Å². The second-order valence-electron chi connectivity index (χ2n) is 8.11. The Morgan fingerprint density at radius 2 is 1.38 bits per heavy atom. The summed E-state index contributed by atoms with van der Waals surface area (Å²) in [5, 5.41) is 0. The van der Waals surface area contributed by atoms with E-state index in [9.17, 15) is 0 Å². The van der Waals surface area contributed by atoms with Gasteiger partial charge in [-0.2, -0.15) is 0 Å². The van der Waals surface area contributed by atoms with Gasteiger partial charge in [0.05, 0.1) is 7.11 Å². The molecule has 0 aliphatic heterocycles. The van der Waals surface area contributed by atoms with Crippen molar-refractivity contribution in [1.82, 2.24) is 0 Å². The Bertz CT molecular complexity index is 711. The Morgan fingerprint density at radius 3 is 2.00 bits per heavy atom. The molecule has 128 valence electrons. The molecule has 0 bridgehead atoms. The molecule has 0 aromatic heterocycles. The van der Waals surface area contributed by atoms with Gasteiger partial charge in [0.25, 0.3) is 0 Å². The molecule has 0 fully saturated rings. The van der Waals surface area contributed by atoms with Crippen molar-refractivity contribution in [2.75, 3.05) is 7.11 Å². The van der Waals surface area contributed by atoms with Crippen LogP contribution < -0.4 is 9.47 Å². The van der Waals surface area contributed by atoms with Gasteiger partial charge in [-0.3, -0.25) is 0 Å². The summed E-state index contributed by atoms with van der Waals surface area (Å²) < 4.78 is 11.2. The maximum absolute atomic E-state index is 6.05. The SMILES string of the molecule is COc1ccc(COc2ccc3c(c2)C(C)(C)CCC3(C)C)cc1. The molecule has 24 heavy (non-hydrogen) atoms. The predicted octanol–water partition coefficient (Wildman–Crippen LogP) is 5.62. The van der Waals surface area contributed by atoms with Crippen molar-refractivity contribution in [2.45, 2.75) is 58.0 Å². The van der Waals surface area contributed by atoms with Gasteiger partial charge < -0.3 is 9.47 Å². The molecule has 0 atom stereocenters. The van der Waals surface area contributed by atoms with E-state index in [0.29, 0.717) is 6.61 Å². The van der Waals surface area contributed by atoms with Crippen LogP contribution in [0.15, 0.2) is 42.5 Å². The van der Waals surface area contributed by atoms with Crippen LogP contribution in [0.2, 0.25) is 0 Å². The lowest BCUT2D eigenvalue weighted by molar-refractivity contribution is 0.298. The van der Waals surface area contributed by atoms with Gasteiger partial charge in [-0.25, -0.2) is 0 Å². The summed E-state index contributed by atoms with van der Waals surface area (Å²) in [6.07, 6.45) is 2.45. The maximum atomic E-state index is 6.05. The van der Waals surface area contributed by atoms with Crippen LogP contribution in [0.1, 0.15) is 57.2 Å². The van der Waals surface area contributed by atoms with Crippen LogP contribution in [-0.2, 0) is 17.4 Å². The second kappa shape index (κ2) is 6.16. The van der Waals surface area contributed by atoms with Crippen LogP contribution in [0, 0.1) is 0 Å². The zero-order valence-electron chi connectivity index (χ0n) is 15.5. The summed E-state index contributed by atoms with van der Waals surface area (Å²) in [4.78, 5) is 0. The summed E-state index contributed by atoms with van der Waals surface area (Å²) in [5.74, 6) is 1.83. The van der Waals surface area contributed by atoms with Crippen molar-refractivity contribution in [3.8, 4) is 11.5 Å². The van der Waals surface area contributed by atoms with E-state index in [1.54, 1.807) is 7.11 Å². The molecule has 1 aliphatic rings. The summed E-state index contributed by atoms with van der Waals surface area (Å²) in [6.45, 7) is 9.95. The molecule has 0 heterocycles. The molecule has 0 unspecified atom stereocenters. The molecule has 2 aromatic carbocycles. The molecule has 0 N–H and O–H groups in total. The van der Waals surface area contributed by atoms with Crippen molar-refractivity contribution in [3.05, 3.63) is 59.2 Å². The van der Waals surface area contributed by atoms with Crippen molar-refractivity contribution >= 4 is 0 Å². The van der Waals surface area contributed by atoms with Gasteiger partial charge >= 0.3 is 0 Å². The molecule has 0 spiro atoms. The highest BCUT2D eigenvalue weighted by atomic mass is 16.5. The van der Waals surface area contributed by atoms with Crippen molar-refractivity contribution in [3.63, 3.8) is 0 Å². The van der Waals surface area contributed by atoms with E-state index in [1.807, 2.05) is 24.3 Å². The van der Waals surface area contributed by atoms with E-state index >= 15 is 0 Å². The van der Waals surface area contributed by atoms with E-state index in [2.05, 4.69) is 45.9 Å². The average Bonchev–Trinajstić information content (AvgIpc) is 2.58. The zero-order chi connectivity index (χ0) is 17.4. The Balaban J connectivity index is 1.80. The van der Waals surface area contributed by atoms with Gasteiger partial charge in [0, 0.05) is 0 Å². The van der Waals surface area contributed by atoms with Crippen molar-refractivity contribution < 1.29 is 9.47 Å². The normalized spacial score (nSPS) is 17.9. The number of hydrogen-bond donors (Lipinski definition) is 0. The quantitative estimate of drug-likeness (QED) is 0.726. The lowest BCUT2D eigenvalue weighted by atomic mass is 9.63. The zero-order valence-corrected chi connectivity index (χ0v) is 15.5. The number of hydrogen-bond acceptors (Lipinski definition) is 2. The first-order valence-corrected chi connectivity index (χ1v) is 8.73. The van der Waals surface area contributed by atoms with Gasteiger partial charge in [-0.05, 0) is 64.6 Å². The topological polar surface area (TPSA) is 18.5 Å². The number of fused-ring (bicyclic) bond motifs is 1. The fourth-order valence-electron chi connectivity index (χ4n) is 3.55. The molecular formula is C22H28O2. The molecule has 2 nitrogen and oxygen atoms in total. The standard InChI is InChI=1S/C22H28O2/c1-21(2)12-13-22(3,4)20-14-18(10-11-19(20)21)24-15-16-6-8-17(23-5)9-7-16/h6-11,14H,12-13,15H2,1-5H3. The Morgan fingerprint density at radius 1 is 0.792 bits per heavy atom. The number of methoxy groups -OCH3 is 1. The minimum Gasteiger partial charge on any atom is -0.497 e. The lowest BCUT2D eigenvalue weighted by Crippen LogP contribution is -2.33. The third kappa shape index (κ3) is 3.28. The van der Waals surface area contributed by atoms with Gasteiger partial charge in [0.1, 0.15) is 18.1 Å². The predicted molar refractivity (Wildman–Crippen MR) is 99.1 cm³/mol. The smallest absolute Gasteiger partial charge is 0.120 e. The lowest BCUT2D eigenvalue weighted by Gasteiger charge is -2.41. The van der Waals surface area contributed by atoms with Crippen LogP contribution in [0.25, 0.3) is 0 Å². The highest BCUT2D eigenvalue weighted by Crippen LogP contribution is 2.46. The molecule has 3 rings (SSSR count). The number of rotatable bonds is 4. The Hall–Kier alpha value is -1.96. The first-order chi connectivity index (χ1) is 11.3. The number of ether oxygens (including phenoxy) is 2. The third-order valence-electron chi connectivity index (χ3n) is 5.39. The molecule has 2 heteroatoms. The van der Waals surface area contributed by atoms with Gasteiger partial charge in [0.2, 0.25) is 0 Å². The summed E-state index contributed by atoms with van der Waals surface area (Å²) >= 11 is 0. The highest BCUT2D eigenvalue weighted by molar-refractivity contribution is 5.45. The number of benzene rings is 2. The van der Waals surface area contributed by atoms with Gasteiger partial charge in [-0.15, -0.1) is 0 Å². The fraction of sp³-hybridized carbons (Fsp3) is 0.455. The van der Waals surface area contributed by atoms with E-state index < -0.39 is 0 Å². The highest BCUT2D eigenvalue weighted by Gasteiger charge is 2.37. The summed E-state index contributed by atoms with van der Waals surface area (Å²) in [5.41, 5.74) is 4.51. The van der Waals surface area contributed by atoms with E-state index in [0.717, 1.165) is 17.1 Å². The van der Waals surface area contributed by atoms with Crippen LogP contribution in [0.5, 0.6) is 11.5 Å². The Kier molecular flexibility index (Phi) is 4.33. The molecule has 0 saturated heterocycles. The van der Waals surface area contributed by atoms with Gasteiger partial charge in [-0.1, -0.05) is 45.9 Å². The Labute approximate surface area is 145 Å². The minimum atomic E-state index is 0.213. The fourth-order valence-corrected chi connectivity index (χ4v) is 3.55. The van der Waals surface area contributed by atoms with Crippen molar-refractivity contribution in [2.24, 2.45) is 0 Å². The second-order valence-corrected chi connectivity index (χ2v) is 8.11. The molecular weight excluding hydrogens is 296 g/mol. The molecule has 1 aliphatic carbocycles. The van der Waals surface area contributed by atoms with Crippen LogP contribution in [0.4, 0.5) is 0 Å². The average molecular weight is 324 g/mol. The molecule has 2 aromatic rings. The van der Waals surface area contributed by atoms with Crippen molar-refractivity contribution in [1.29, 1.82) is 0 Å². The maximum Gasteiger partial charge on any atom is 0.120 e. The summed E-state index contributed by atoms with van der Waals surface area (Å²) in [7, 11) is 1.68. The third-order valence-corrected chi connectivity index (χ3v) is 5.39. The molecule has 0 saturated carbocycles. The first-order valence-electron chi connectivity index (χ1n) is 8.73. The van der Waals surface area contributed by atoms with Crippen LogP contribution in [-0.4, -0.2) is 7.11 Å². The van der Waals surface area contributed by atoms with Crippen LogP contribution in [0.3, 0.4) is 0 Å². The van der Waals surface area contributed by atoms with E-state index in [-0.39, 0.29) is 10.8 Å². The largest absolute Gasteiger partial charge is 0.497 e. The van der Waals surface area contributed by atoms with E-state index in [4.69, 9.17) is 9.47 Å². The molecule has 0 radical (unpaired) electrons. The van der Waals surface area contributed by atoms with Gasteiger partial charge in [0.15, 0.2) is 0 Å². The summed E-state index contributed by atoms with van der Waals surface area (Å²) in [6, 6.07) is 14.7. The minimum absolute atomic E-state index is 0.213. The molecule has 0 amide bonds. The first kappa shape index (κ1) is 16.9. The monoisotopic (exact) mass is 324 g/mol.